The van der Waals surface area contributed by atoms with Gasteiger partial charge in [0, 0.05) is 6.04 Å². The first-order valence-electron chi connectivity index (χ1n) is 8.12. The Bertz CT molecular complexity index is 416. The number of hydrazine groups is 1. The van der Waals surface area contributed by atoms with Crippen LogP contribution in [0.5, 0.6) is 0 Å². The minimum atomic E-state index is 0.226. The normalized spacial score (nSPS) is 18.7. The standard InChI is InChI=1S/C18H30N2S/c1-18(2,3)16-6-4-14(5-7-16)12-17(20-19)13-15-8-10-21-11-9-15/h4-7,15,17,20H,8-13,19H2,1-3H3. The summed E-state index contributed by atoms with van der Waals surface area (Å²) in [5, 5.41) is 0. The van der Waals surface area contributed by atoms with Gasteiger partial charge in [0.15, 0.2) is 0 Å². The molecular formula is C18H30N2S. The fourth-order valence-electron chi connectivity index (χ4n) is 3.02. The number of benzene rings is 1. The molecule has 1 aliphatic heterocycles. The van der Waals surface area contributed by atoms with Crippen molar-refractivity contribution in [3.05, 3.63) is 35.4 Å². The van der Waals surface area contributed by atoms with E-state index in [2.05, 4.69) is 62.2 Å². The second kappa shape index (κ2) is 7.66. The highest BCUT2D eigenvalue weighted by atomic mass is 32.2. The molecule has 1 heterocycles. The molecule has 118 valence electrons. The summed E-state index contributed by atoms with van der Waals surface area (Å²) in [5.74, 6) is 9.27. The summed E-state index contributed by atoms with van der Waals surface area (Å²) < 4.78 is 0. The SMILES string of the molecule is CC(C)(C)c1ccc(CC(CC2CCSCC2)NN)cc1. The molecule has 1 aromatic carbocycles. The summed E-state index contributed by atoms with van der Waals surface area (Å²) >= 11 is 2.09. The fourth-order valence-corrected chi connectivity index (χ4v) is 4.22. The Morgan fingerprint density at radius 3 is 2.33 bits per heavy atom. The van der Waals surface area contributed by atoms with Crippen molar-refractivity contribution in [2.24, 2.45) is 11.8 Å². The Morgan fingerprint density at radius 1 is 1.19 bits per heavy atom. The van der Waals surface area contributed by atoms with Crippen LogP contribution in [0.15, 0.2) is 24.3 Å². The first kappa shape index (κ1) is 16.9. The molecule has 1 fully saturated rings. The molecule has 0 radical (unpaired) electrons. The smallest absolute Gasteiger partial charge is 0.0253 e. The topological polar surface area (TPSA) is 38.0 Å². The second-order valence-electron chi connectivity index (χ2n) is 7.31. The number of nitrogens with one attached hydrogen (secondary N) is 1. The van der Waals surface area contributed by atoms with E-state index in [9.17, 15) is 0 Å². The molecule has 1 aliphatic rings. The van der Waals surface area contributed by atoms with Gasteiger partial charge in [0.1, 0.15) is 0 Å². The molecule has 21 heavy (non-hydrogen) atoms. The lowest BCUT2D eigenvalue weighted by Crippen LogP contribution is -2.38. The van der Waals surface area contributed by atoms with Crippen LogP contribution < -0.4 is 11.3 Å². The van der Waals surface area contributed by atoms with Gasteiger partial charge in [-0.25, -0.2) is 0 Å². The maximum Gasteiger partial charge on any atom is 0.0253 e. The zero-order valence-electron chi connectivity index (χ0n) is 13.7. The van der Waals surface area contributed by atoms with Gasteiger partial charge in [0.05, 0.1) is 0 Å². The van der Waals surface area contributed by atoms with Crippen LogP contribution in [0.2, 0.25) is 0 Å². The summed E-state index contributed by atoms with van der Waals surface area (Å²) in [5.41, 5.74) is 6.04. The average Bonchev–Trinajstić information content (AvgIpc) is 2.47. The molecule has 1 saturated heterocycles. The molecule has 2 nitrogen and oxygen atoms in total. The van der Waals surface area contributed by atoms with Crippen LogP contribution in [0.3, 0.4) is 0 Å². The van der Waals surface area contributed by atoms with Gasteiger partial charge in [-0.05, 0) is 59.6 Å². The first-order chi connectivity index (χ1) is 9.99. The van der Waals surface area contributed by atoms with Crippen molar-refractivity contribution in [1.82, 2.24) is 5.43 Å². The Hall–Kier alpha value is -0.510. The van der Waals surface area contributed by atoms with Crippen molar-refractivity contribution in [1.29, 1.82) is 0 Å². The van der Waals surface area contributed by atoms with Crippen molar-refractivity contribution < 1.29 is 0 Å². The summed E-state index contributed by atoms with van der Waals surface area (Å²) in [6.45, 7) is 6.77. The summed E-state index contributed by atoms with van der Waals surface area (Å²) in [4.78, 5) is 0. The first-order valence-corrected chi connectivity index (χ1v) is 9.28. The van der Waals surface area contributed by atoms with Gasteiger partial charge in [-0.15, -0.1) is 0 Å². The maximum absolute atomic E-state index is 5.78. The molecule has 1 unspecified atom stereocenters. The minimum absolute atomic E-state index is 0.226. The lowest BCUT2D eigenvalue weighted by atomic mass is 9.86. The minimum Gasteiger partial charge on any atom is -0.271 e. The predicted molar refractivity (Wildman–Crippen MR) is 94.6 cm³/mol. The molecule has 0 saturated carbocycles. The number of hydrogen-bond donors (Lipinski definition) is 2. The average molecular weight is 307 g/mol. The van der Waals surface area contributed by atoms with E-state index >= 15 is 0 Å². The van der Waals surface area contributed by atoms with E-state index in [1.807, 2.05) is 0 Å². The van der Waals surface area contributed by atoms with Crippen molar-refractivity contribution in [2.75, 3.05) is 11.5 Å². The third-order valence-corrected chi connectivity index (χ3v) is 5.55. The van der Waals surface area contributed by atoms with E-state index in [4.69, 9.17) is 5.84 Å². The molecule has 0 aliphatic carbocycles. The highest BCUT2D eigenvalue weighted by Crippen LogP contribution is 2.27. The van der Waals surface area contributed by atoms with E-state index in [1.165, 1.54) is 41.9 Å². The highest BCUT2D eigenvalue weighted by molar-refractivity contribution is 7.99. The van der Waals surface area contributed by atoms with Gasteiger partial charge >= 0.3 is 0 Å². The van der Waals surface area contributed by atoms with E-state index in [1.54, 1.807) is 0 Å². The molecule has 0 spiro atoms. The van der Waals surface area contributed by atoms with Crippen LogP contribution in [0, 0.1) is 5.92 Å². The zero-order valence-corrected chi connectivity index (χ0v) is 14.5. The number of thioether (sulfide) groups is 1. The number of rotatable bonds is 5. The third kappa shape index (κ3) is 5.32. The Morgan fingerprint density at radius 2 is 1.81 bits per heavy atom. The van der Waals surface area contributed by atoms with Crippen LogP contribution >= 0.6 is 11.8 Å². The second-order valence-corrected chi connectivity index (χ2v) is 8.53. The van der Waals surface area contributed by atoms with Crippen LogP contribution in [-0.2, 0) is 11.8 Å². The van der Waals surface area contributed by atoms with Gasteiger partial charge in [-0.1, -0.05) is 45.0 Å². The molecule has 0 bridgehead atoms. The molecule has 0 amide bonds. The van der Waals surface area contributed by atoms with Crippen molar-refractivity contribution >= 4 is 11.8 Å². The largest absolute Gasteiger partial charge is 0.271 e. The lowest BCUT2D eigenvalue weighted by Gasteiger charge is -2.26. The summed E-state index contributed by atoms with van der Waals surface area (Å²) in [6, 6.07) is 9.46. The lowest BCUT2D eigenvalue weighted by molar-refractivity contribution is 0.365. The van der Waals surface area contributed by atoms with E-state index in [0.717, 1.165) is 12.3 Å². The molecule has 3 N–H and O–H groups in total. The molecular weight excluding hydrogens is 276 g/mol. The van der Waals surface area contributed by atoms with Gasteiger partial charge in [-0.3, -0.25) is 11.3 Å². The number of hydrogen-bond acceptors (Lipinski definition) is 3. The van der Waals surface area contributed by atoms with Crippen LogP contribution in [0.25, 0.3) is 0 Å². The molecule has 1 atom stereocenters. The van der Waals surface area contributed by atoms with E-state index in [-0.39, 0.29) is 5.41 Å². The third-order valence-electron chi connectivity index (χ3n) is 4.50. The molecule has 0 aromatic heterocycles. The molecule has 3 heteroatoms. The summed E-state index contributed by atoms with van der Waals surface area (Å²) in [6.07, 6.45) is 4.94. The van der Waals surface area contributed by atoms with Crippen molar-refractivity contribution in [3.63, 3.8) is 0 Å². The Balaban J connectivity index is 1.91. The zero-order chi connectivity index (χ0) is 15.3. The van der Waals surface area contributed by atoms with Gasteiger partial charge in [0.2, 0.25) is 0 Å². The monoisotopic (exact) mass is 306 g/mol. The Labute approximate surface area is 134 Å². The van der Waals surface area contributed by atoms with Gasteiger partial charge < -0.3 is 0 Å². The molecule has 1 aromatic rings. The predicted octanol–water partition coefficient (Wildman–Crippen LogP) is 3.89. The van der Waals surface area contributed by atoms with Crippen molar-refractivity contribution in [2.45, 2.75) is 57.9 Å². The summed E-state index contributed by atoms with van der Waals surface area (Å²) in [7, 11) is 0. The van der Waals surface area contributed by atoms with Crippen LogP contribution in [-0.4, -0.2) is 17.5 Å². The number of nitrogens with two attached hydrogens (primary N) is 1. The van der Waals surface area contributed by atoms with Gasteiger partial charge in [0.25, 0.3) is 0 Å². The van der Waals surface area contributed by atoms with E-state index < -0.39 is 0 Å². The quantitative estimate of drug-likeness (QED) is 0.640. The maximum atomic E-state index is 5.78. The molecule has 2 rings (SSSR count). The van der Waals surface area contributed by atoms with Crippen LogP contribution in [0.4, 0.5) is 0 Å². The highest BCUT2D eigenvalue weighted by Gasteiger charge is 2.19. The van der Waals surface area contributed by atoms with E-state index in [0.29, 0.717) is 6.04 Å². The van der Waals surface area contributed by atoms with Gasteiger partial charge in [-0.2, -0.15) is 11.8 Å². The van der Waals surface area contributed by atoms with Crippen molar-refractivity contribution in [3.8, 4) is 0 Å². The Kier molecular flexibility index (Phi) is 6.15. The fraction of sp³-hybridized carbons (Fsp3) is 0.667. The van der Waals surface area contributed by atoms with Crippen LogP contribution in [0.1, 0.15) is 51.2 Å².